The number of nitriles is 1. The van der Waals surface area contributed by atoms with E-state index in [1.165, 1.54) is 12.4 Å². The van der Waals surface area contributed by atoms with Crippen LogP contribution in [-0.2, 0) is 0 Å². The van der Waals surface area contributed by atoms with Gasteiger partial charge in [-0.15, -0.1) is 11.3 Å². The summed E-state index contributed by atoms with van der Waals surface area (Å²) in [5.41, 5.74) is 0.896. The Morgan fingerprint density at radius 3 is 2.86 bits per heavy atom. The van der Waals surface area contributed by atoms with Crippen LogP contribution in [0.1, 0.15) is 5.69 Å². The molecule has 0 aliphatic rings. The van der Waals surface area contributed by atoms with Crippen molar-refractivity contribution in [3.63, 3.8) is 0 Å². The van der Waals surface area contributed by atoms with E-state index in [9.17, 15) is 4.79 Å². The molecule has 0 spiro atoms. The molecule has 0 aliphatic carbocycles. The van der Waals surface area contributed by atoms with Crippen LogP contribution in [0.15, 0.2) is 42.0 Å². The molecule has 0 radical (unpaired) electrons. The van der Waals surface area contributed by atoms with Gasteiger partial charge in [-0.1, -0.05) is 6.07 Å². The summed E-state index contributed by atoms with van der Waals surface area (Å²) in [5, 5.41) is 17.0. The van der Waals surface area contributed by atoms with E-state index in [4.69, 9.17) is 5.26 Å². The number of anilines is 2. The maximum Gasteiger partial charge on any atom is 0.324 e. The molecule has 2 N–H and O–H groups in total. The third-order valence-electron chi connectivity index (χ3n) is 2.72. The number of aromatic nitrogens is 2. The van der Waals surface area contributed by atoms with Gasteiger partial charge in [0.1, 0.15) is 6.07 Å². The average molecular weight is 295 g/mol. The van der Waals surface area contributed by atoms with Gasteiger partial charge in [-0.2, -0.15) is 5.26 Å². The highest BCUT2D eigenvalue weighted by Gasteiger charge is 2.05. The van der Waals surface area contributed by atoms with Crippen molar-refractivity contribution >= 4 is 39.0 Å². The van der Waals surface area contributed by atoms with E-state index in [2.05, 4.69) is 20.6 Å². The molecular formula is C14H9N5OS. The first-order chi connectivity index (χ1) is 10.2. The fraction of sp³-hybridized carbons (Fsp3) is 0. The Labute approximate surface area is 124 Å². The number of urea groups is 1. The minimum Gasteiger partial charge on any atom is -0.308 e. The Morgan fingerprint density at radius 1 is 1.19 bits per heavy atom. The average Bonchev–Trinajstić information content (AvgIpc) is 2.95. The number of fused-ring (bicyclic) bond motifs is 1. The van der Waals surface area contributed by atoms with Crippen molar-refractivity contribution < 1.29 is 4.79 Å². The summed E-state index contributed by atoms with van der Waals surface area (Å²) in [4.78, 5) is 19.6. The fourth-order valence-corrected chi connectivity index (χ4v) is 2.59. The molecule has 0 atom stereocenters. The van der Waals surface area contributed by atoms with Crippen molar-refractivity contribution in [2.75, 3.05) is 10.6 Å². The van der Waals surface area contributed by atoms with Gasteiger partial charge >= 0.3 is 6.03 Å². The number of hydrogen-bond acceptors (Lipinski definition) is 5. The van der Waals surface area contributed by atoms with Gasteiger partial charge in [0, 0.05) is 10.4 Å². The molecule has 0 aliphatic heterocycles. The summed E-state index contributed by atoms with van der Waals surface area (Å²) in [7, 11) is 0. The molecule has 102 valence electrons. The molecule has 0 fully saturated rings. The minimum atomic E-state index is -0.412. The zero-order valence-electron chi connectivity index (χ0n) is 10.7. The smallest absolute Gasteiger partial charge is 0.308 e. The van der Waals surface area contributed by atoms with Crippen LogP contribution in [-0.4, -0.2) is 16.0 Å². The Hall–Kier alpha value is -2.98. The molecule has 2 aromatic heterocycles. The van der Waals surface area contributed by atoms with Crippen LogP contribution in [0.2, 0.25) is 0 Å². The molecule has 7 heteroatoms. The van der Waals surface area contributed by atoms with Crippen LogP contribution in [0.3, 0.4) is 0 Å². The van der Waals surface area contributed by atoms with Crippen LogP contribution >= 0.6 is 11.3 Å². The topological polar surface area (TPSA) is 90.7 Å². The monoisotopic (exact) mass is 295 g/mol. The van der Waals surface area contributed by atoms with E-state index in [0.29, 0.717) is 5.69 Å². The predicted molar refractivity (Wildman–Crippen MR) is 81.2 cm³/mol. The molecule has 3 rings (SSSR count). The summed E-state index contributed by atoms with van der Waals surface area (Å²) in [6.45, 7) is 0. The summed E-state index contributed by atoms with van der Waals surface area (Å²) >= 11 is 1.61. The van der Waals surface area contributed by atoms with Crippen LogP contribution in [0.25, 0.3) is 10.1 Å². The minimum absolute atomic E-state index is 0.198. The second-order valence-electron chi connectivity index (χ2n) is 4.15. The predicted octanol–water partition coefficient (Wildman–Crippen LogP) is 3.21. The van der Waals surface area contributed by atoms with Crippen LogP contribution in [0, 0.1) is 11.3 Å². The van der Waals surface area contributed by atoms with E-state index in [1.54, 1.807) is 11.3 Å². The molecule has 6 nitrogen and oxygen atoms in total. The fourth-order valence-electron chi connectivity index (χ4n) is 1.76. The maximum absolute atomic E-state index is 11.9. The first-order valence-corrected chi connectivity index (χ1v) is 6.90. The van der Waals surface area contributed by atoms with Gasteiger partial charge in [0.2, 0.25) is 0 Å². The number of carbonyl (C=O) groups is 1. The van der Waals surface area contributed by atoms with E-state index < -0.39 is 6.03 Å². The number of nitrogens with one attached hydrogen (secondary N) is 2. The Bertz CT molecular complexity index is 834. The molecule has 0 unspecified atom stereocenters. The Kier molecular flexibility index (Phi) is 3.45. The van der Waals surface area contributed by atoms with Gasteiger partial charge in [0.05, 0.1) is 12.4 Å². The van der Waals surface area contributed by atoms with Gasteiger partial charge in [0.15, 0.2) is 11.5 Å². The number of amides is 2. The van der Waals surface area contributed by atoms with Crippen molar-refractivity contribution in [1.29, 1.82) is 5.26 Å². The normalized spacial score (nSPS) is 10.0. The second-order valence-corrected chi connectivity index (χ2v) is 5.10. The number of rotatable bonds is 2. The van der Waals surface area contributed by atoms with Crippen molar-refractivity contribution in [2.24, 2.45) is 0 Å². The van der Waals surface area contributed by atoms with E-state index >= 15 is 0 Å². The molecule has 21 heavy (non-hydrogen) atoms. The number of benzene rings is 1. The van der Waals surface area contributed by atoms with Crippen molar-refractivity contribution in [2.45, 2.75) is 0 Å². The molecule has 0 bridgehead atoms. The van der Waals surface area contributed by atoms with Crippen LogP contribution in [0.4, 0.5) is 16.3 Å². The first kappa shape index (κ1) is 13.0. The second kappa shape index (κ2) is 5.56. The lowest BCUT2D eigenvalue weighted by molar-refractivity contribution is 0.262. The van der Waals surface area contributed by atoms with Gasteiger partial charge < -0.3 is 5.32 Å². The summed E-state index contributed by atoms with van der Waals surface area (Å²) in [6, 6.07) is 9.16. The number of carbonyl (C=O) groups excluding carboxylic acids is 1. The standard InChI is InChI=1S/C14H9N5OS/c15-6-11-7-17-13(8-16-11)19-14(20)18-10-2-1-9-3-4-21-12(9)5-10/h1-5,7-8H,(H2,17,18,19,20). The van der Waals surface area contributed by atoms with E-state index in [-0.39, 0.29) is 11.5 Å². The van der Waals surface area contributed by atoms with Gasteiger partial charge in [-0.05, 0) is 29.0 Å². The van der Waals surface area contributed by atoms with Crippen molar-refractivity contribution in [3.05, 3.63) is 47.7 Å². The maximum atomic E-state index is 11.9. The SMILES string of the molecule is N#Cc1cnc(NC(=O)Nc2ccc3ccsc3c2)cn1. The summed E-state index contributed by atoms with van der Waals surface area (Å²) in [5.74, 6) is 0.281. The Morgan fingerprint density at radius 2 is 2.10 bits per heavy atom. The highest BCUT2D eigenvalue weighted by Crippen LogP contribution is 2.24. The van der Waals surface area contributed by atoms with E-state index in [1.807, 2.05) is 35.7 Å². The Balaban J connectivity index is 1.69. The van der Waals surface area contributed by atoms with Crippen LogP contribution < -0.4 is 10.6 Å². The molecule has 2 amide bonds. The summed E-state index contributed by atoms with van der Waals surface area (Å²) < 4.78 is 1.10. The first-order valence-electron chi connectivity index (χ1n) is 6.02. The highest BCUT2D eigenvalue weighted by molar-refractivity contribution is 7.17. The molecule has 0 saturated heterocycles. The number of nitrogens with zero attached hydrogens (tertiary/aromatic N) is 3. The quantitative estimate of drug-likeness (QED) is 0.759. The molecular weight excluding hydrogens is 286 g/mol. The largest absolute Gasteiger partial charge is 0.324 e. The highest BCUT2D eigenvalue weighted by atomic mass is 32.1. The molecule has 2 heterocycles. The lowest BCUT2D eigenvalue weighted by Gasteiger charge is -2.06. The van der Waals surface area contributed by atoms with Crippen LogP contribution in [0.5, 0.6) is 0 Å². The number of hydrogen-bond donors (Lipinski definition) is 2. The number of thiophene rings is 1. The van der Waals surface area contributed by atoms with Crippen molar-refractivity contribution in [1.82, 2.24) is 9.97 Å². The zero-order chi connectivity index (χ0) is 14.7. The summed E-state index contributed by atoms with van der Waals surface area (Å²) in [6.07, 6.45) is 2.63. The zero-order valence-corrected chi connectivity index (χ0v) is 11.5. The molecule has 3 aromatic rings. The lowest BCUT2D eigenvalue weighted by Crippen LogP contribution is -2.20. The van der Waals surface area contributed by atoms with E-state index in [0.717, 1.165) is 10.1 Å². The van der Waals surface area contributed by atoms with Gasteiger partial charge in [0.25, 0.3) is 0 Å². The third-order valence-corrected chi connectivity index (χ3v) is 3.60. The third kappa shape index (κ3) is 2.96. The molecule has 0 saturated carbocycles. The lowest BCUT2D eigenvalue weighted by atomic mass is 10.2. The van der Waals surface area contributed by atoms with Gasteiger partial charge in [-0.25, -0.2) is 14.8 Å². The molecule has 1 aromatic carbocycles. The van der Waals surface area contributed by atoms with Crippen molar-refractivity contribution in [3.8, 4) is 6.07 Å². The van der Waals surface area contributed by atoms with Gasteiger partial charge in [-0.3, -0.25) is 5.32 Å².